The van der Waals surface area contributed by atoms with E-state index in [0.717, 1.165) is 55.6 Å². The molecule has 2 aromatic rings. The van der Waals surface area contributed by atoms with Crippen molar-refractivity contribution in [2.24, 2.45) is 5.73 Å². The number of benzene rings is 1. The molecule has 150 valence electrons. The van der Waals surface area contributed by atoms with Gasteiger partial charge < -0.3 is 20.9 Å². The molecule has 0 spiro atoms. The van der Waals surface area contributed by atoms with Crippen molar-refractivity contribution >= 4 is 5.95 Å². The Labute approximate surface area is 166 Å². The van der Waals surface area contributed by atoms with Crippen LogP contribution < -0.4 is 20.9 Å². The average molecular weight is 383 g/mol. The van der Waals surface area contributed by atoms with Crippen LogP contribution >= 0.6 is 0 Å². The second-order valence-corrected chi connectivity index (χ2v) is 8.14. The molecule has 2 saturated carbocycles. The molecule has 2 aliphatic carbocycles. The van der Waals surface area contributed by atoms with Gasteiger partial charge in [0.2, 0.25) is 5.95 Å². The van der Waals surface area contributed by atoms with Crippen molar-refractivity contribution in [1.29, 1.82) is 0 Å². The van der Waals surface area contributed by atoms with E-state index in [-0.39, 0.29) is 17.6 Å². The Hall–Kier alpha value is -2.34. The number of nitrogens with two attached hydrogens (primary N) is 2. The van der Waals surface area contributed by atoms with Crippen molar-refractivity contribution in [3.8, 4) is 11.5 Å². The van der Waals surface area contributed by atoms with Gasteiger partial charge in [-0.05, 0) is 74.6 Å². The maximum atomic E-state index is 6.35. The van der Waals surface area contributed by atoms with Gasteiger partial charge in [-0.3, -0.25) is 0 Å². The molecule has 0 unspecified atom stereocenters. The lowest BCUT2D eigenvalue weighted by atomic mass is 9.65. The van der Waals surface area contributed by atoms with E-state index in [1.165, 1.54) is 18.4 Å². The molecule has 2 fully saturated rings. The largest absolute Gasteiger partial charge is 0.493 e. The molecule has 0 bridgehead atoms. The summed E-state index contributed by atoms with van der Waals surface area (Å²) in [6.07, 6.45) is 12.5. The molecule has 1 heterocycles. The van der Waals surface area contributed by atoms with E-state index in [0.29, 0.717) is 5.95 Å². The number of methoxy groups -OCH3 is 1. The zero-order valence-corrected chi connectivity index (χ0v) is 16.6. The summed E-state index contributed by atoms with van der Waals surface area (Å²) in [6, 6.07) is 6.57. The monoisotopic (exact) mass is 382 g/mol. The summed E-state index contributed by atoms with van der Waals surface area (Å²) in [4.78, 5) is 8.53. The van der Waals surface area contributed by atoms with Crippen LogP contribution in [-0.2, 0) is 5.41 Å². The number of hydrogen-bond donors (Lipinski definition) is 2. The van der Waals surface area contributed by atoms with E-state index >= 15 is 0 Å². The molecule has 2 aliphatic rings. The minimum absolute atomic E-state index is 0.177. The van der Waals surface area contributed by atoms with Crippen LogP contribution in [0.1, 0.15) is 62.5 Å². The second-order valence-electron chi connectivity index (χ2n) is 8.14. The van der Waals surface area contributed by atoms with E-state index in [2.05, 4.69) is 22.1 Å². The summed E-state index contributed by atoms with van der Waals surface area (Å²) in [6.45, 7) is 0. The molecular formula is C22H30N4O2. The first-order valence-corrected chi connectivity index (χ1v) is 10.3. The molecular weight excluding hydrogens is 352 g/mol. The van der Waals surface area contributed by atoms with Gasteiger partial charge in [0.25, 0.3) is 0 Å². The Morgan fingerprint density at radius 2 is 1.64 bits per heavy atom. The molecule has 6 nitrogen and oxygen atoms in total. The van der Waals surface area contributed by atoms with Gasteiger partial charge in [0.1, 0.15) is 0 Å². The molecule has 4 rings (SSSR count). The molecule has 0 saturated heterocycles. The topological polar surface area (TPSA) is 96.3 Å². The van der Waals surface area contributed by atoms with Crippen molar-refractivity contribution in [3.05, 3.63) is 41.7 Å². The third-order valence-corrected chi connectivity index (χ3v) is 6.42. The SMILES string of the molecule is COc1ccc(C2(c3cnc(N)nc3)CCC(N)CC2)cc1OC1CCCC1. The normalized spacial score (nSPS) is 25.6. The fourth-order valence-electron chi connectivity index (χ4n) is 4.71. The lowest BCUT2D eigenvalue weighted by Crippen LogP contribution is -2.38. The van der Waals surface area contributed by atoms with Gasteiger partial charge in [0.05, 0.1) is 13.2 Å². The Kier molecular flexibility index (Phi) is 5.40. The number of rotatable bonds is 5. The fourth-order valence-corrected chi connectivity index (χ4v) is 4.71. The first-order chi connectivity index (χ1) is 13.6. The number of nitrogens with zero attached hydrogens (tertiary/aromatic N) is 2. The van der Waals surface area contributed by atoms with E-state index in [1.54, 1.807) is 7.11 Å². The van der Waals surface area contributed by atoms with Crippen LogP contribution in [-0.4, -0.2) is 29.2 Å². The van der Waals surface area contributed by atoms with Crippen LogP contribution in [0.3, 0.4) is 0 Å². The summed E-state index contributed by atoms with van der Waals surface area (Å²) >= 11 is 0. The number of hydrogen-bond acceptors (Lipinski definition) is 6. The molecule has 0 atom stereocenters. The summed E-state index contributed by atoms with van der Waals surface area (Å²) in [5.74, 6) is 1.91. The summed E-state index contributed by atoms with van der Waals surface area (Å²) < 4.78 is 11.9. The Morgan fingerprint density at radius 1 is 0.964 bits per heavy atom. The zero-order chi connectivity index (χ0) is 19.6. The Balaban J connectivity index is 1.74. The van der Waals surface area contributed by atoms with Crippen LogP contribution in [0.2, 0.25) is 0 Å². The van der Waals surface area contributed by atoms with Crippen LogP contribution in [0.5, 0.6) is 11.5 Å². The van der Waals surface area contributed by atoms with Gasteiger partial charge in [-0.1, -0.05) is 6.07 Å². The Morgan fingerprint density at radius 3 is 2.29 bits per heavy atom. The highest BCUT2D eigenvalue weighted by atomic mass is 16.5. The molecule has 4 N–H and O–H groups in total. The van der Waals surface area contributed by atoms with E-state index < -0.39 is 0 Å². The van der Waals surface area contributed by atoms with Gasteiger partial charge in [0, 0.05) is 23.9 Å². The van der Waals surface area contributed by atoms with Crippen molar-refractivity contribution in [3.63, 3.8) is 0 Å². The van der Waals surface area contributed by atoms with Crippen LogP contribution in [0, 0.1) is 0 Å². The van der Waals surface area contributed by atoms with E-state index in [4.69, 9.17) is 20.9 Å². The Bertz CT molecular complexity index is 795. The summed E-state index contributed by atoms with van der Waals surface area (Å²) in [5.41, 5.74) is 14.1. The van der Waals surface area contributed by atoms with Gasteiger partial charge in [0.15, 0.2) is 11.5 Å². The predicted molar refractivity (Wildman–Crippen MR) is 110 cm³/mol. The van der Waals surface area contributed by atoms with Crippen molar-refractivity contribution in [1.82, 2.24) is 9.97 Å². The van der Waals surface area contributed by atoms with Gasteiger partial charge in [-0.15, -0.1) is 0 Å². The number of aromatic nitrogens is 2. The standard InChI is InChI=1S/C22H30N4O2/c1-27-19-7-6-15(12-20(19)28-18-4-2-3-5-18)22(10-8-17(23)9-11-22)16-13-25-21(24)26-14-16/h6-7,12-14,17-18H,2-5,8-11,23H2,1H3,(H2,24,25,26). The first kappa shape index (κ1) is 19.0. The molecule has 1 aromatic carbocycles. The smallest absolute Gasteiger partial charge is 0.219 e. The fraction of sp³-hybridized carbons (Fsp3) is 0.545. The minimum Gasteiger partial charge on any atom is -0.493 e. The average Bonchev–Trinajstić information content (AvgIpc) is 3.22. The van der Waals surface area contributed by atoms with Gasteiger partial charge >= 0.3 is 0 Å². The molecule has 1 aromatic heterocycles. The molecule has 0 radical (unpaired) electrons. The van der Waals surface area contributed by atoms with Crippen molar-refractivity contribution in [2.75, 3.05) is 12.8 Å². The van der Waals surface area contributed by atoms with Gasteiger partial charge in [-0.25, -0.2) is 9.97 Å². The second kappa shape index (κ2) is 7.95. The highest BCUT2D eigenvalue weighted by Crippen LogP contribution is 2.46. The maximum absolute atomic E-state index is 6.35. The molecule has 0 amide bonds. The van der Waals surface area contributed by atoms with Gasteiger partial charge in [-0.2, -0.15) is 0 Å². The van der Waals surface area contributed by atoms with E-state index in [9.17, 15) is 0 Å². The zero-order valence-electron chi connectivity index (χ0n) is 16.6. The quantitative estimate of drug-likeness (QED) is 0.820. The minimum atomic E-state index is -0.177. The summed E-state index contributed by atoms with van der Waals surface area (Å²) in [5, 5.41) is 0. The summed E-state index contributed by atoms with van der Waals surface area (Å²) in [7, 11) is 1.69. The molecule has 28 heavy (non-hydrogen) atoms. The van der Waals surface area contributed by atoms with E-state index in [1.807, 2.05) is 18.5 Å². The highest BCUT2D eigenvalue weighted by molar-refractivity contribution is 5.49. The van der Waals surface area contributed by atoms with Crippen LogP contribution in [0.4, 0.5) is 5.95 Å². The van der Waals surface area contributed by atoms with Crippen molar-refractivity contribution < 1.29 is 9.47 Å². The molecule has 0 aliphatic heterocycles. The third kappa shape index (κ3) is 3.65. The number of nitrogen functional groups attached to an aromatic ring is 1. The first-order valence-electron chi connectivity index (χ1n) is 10.3. The maximum Gasteiger partial charge on any atom is 0.219 e. The number of anilines is 1. The van der Waals surface area contributed by atoms with Crippen LogP contribution in [0.25, 0.3) is 0 Å². The highest BCUT2D eigenvalue weighted by Gasteiger charge is 2.39. The predicted octanol–water partition coefficient (Wildman–Crippen LogP) is 3.58. The van der Waals surface area contributed by atoms with Crippen LogP contribution in [0.15, 0.2) is 30.6 Å². The van der Waals surface area contributed by atoms with Crippen molar-refractivity contribution in [2.45, 2.75) is 68.9 Å². The number of ether oxygens (including phenoxy) is 2. The lowest BCUT2D eigenvalue weighted by Gasteiger charge is -2.40. The lowest BCUT2D eigenvalue weighted by molar-refractivity contribution is 0.200. The molecule has 6 heteroatoms. The third-order valence-electron chi connectivity index (χ3n) is 6.42.